The molecule has 1 aromatic heterocycles. The highest BCUT2D eigenvalue weighted by atomic mass is 19.1. The minimum absolute atomic E-state index is 0.0141. The summed E-state index contributed by atoms with van der Waals surface area (Å²) in [6, 6.07) is 16.9. The van der Waals surface area contributed by atoms with Crippen molar-refractivity contribution in [2.75, 3.05) is 4.90 Å². The number of amides is 1. The van der Waals surface area contributed by atoms with Crippen molar-refractivity contribution in [2.45, 2.75) is 25.5 Å². The number of halogens is 1. The fraction of sp³-hybridized carbons (Fsp3) is 0.148. The van der Waals surface area contributed by atoms with E-state index in [0.717, 1.165) is 11.3 Å². The van der Waals surface area contributed by atoms with Crippen molar-refractivity contribution < 1.29 is 23.8 Å². The zero-order valence-electron chi connectivity index (χ0n) is 18.7. The number of aromatic amines is 1. The second kappa shape index (κ2) is 7.80. The van der Waals surface area contributed by atoms with Crippen LogP contribution in [-0.2, 0) is 16.0 Å². The van der Waals surface area contributed by atoms with Gasteiger partial charge in [-0.15, -0.1) is 0 Å². The first-order chi connectivity index (χ1) is 16.9. The number of nitrogens with zero attached hydrogens (tertiary/aromatic N) is 2. The van der Waals surface area contributed by atoms with Crippen molar-refractivity contribution in [1.29, 1.82) is 0 Å². The normalized spacial score (nSPS) is 20.9. The average molecular weight is 469 g/mol. The quantitative estimate of drug-likeness (QED) is 0.259. The van der Waals surface area contributed by atoms with E-state index in [1.165, 1.54) is 29.2 Å². The first kappa shape index (κ1) is 21.1. The van der Waals surface area contributed by atoms with E-state index in [2.05, 4.69) is 9.97 Å². The zero-order chi connectivity index (χ0) is 24.3. The summed E-state index contributed by atoms with van der Waals surface area (Å²) in [6.07, 6.45) is 0.686. The minimum atomic E-state index is -1.00. The van der Waals surface area contributed by atoms with Crippen LogP contribution < -0.4 is 9.64 Å². The molecule has 4 aromatic rings. The molecule has 2 atom stereocenters. The number of aliphatic hydroxyl groups excluding tert-OH is 1. The molecule has 3 heterocycles. The molecule has 2 unspecified atom stereocenters. The van der Waals surface area contributed by atoms with Crippen molar-refractivity contribution in [3.05, 3.63) is 94.8 Å². The lowest BCUT2D eigenvalue weighted by atomic mass is 9.94. The predicted molar refractivity (Wildman–Crippen MR) is 128 cm³/mol. The first-order valence-electron chi connectivity index (χ1n) is 11.2. The van der Waals surface area contributed by atoms with Crippen molar-refractivity contribution in [1.82, 2.24) is 9.97 Å². The molecule has 2 N–H and O–H groups in total. The van der Waals surface area contributed by atoms with Gasteiger partial charge in [0.1, 0.15) is 23.4 Å². The van der Waals surface area contributed by atoms with Crippen LogP contribution in [0.5, 0.6) is 5.75 Å². The molecule has 3 aromatic carbocycles. The van der Waals surface area contributed by atoms with Crippen LogP contribution in [0, 0.1) is 5.82 Å². The summed E-state index contributed by atoms with van der Waals surface area (Å²) in [6.45, 7) is 1.95. The molecule has 1 amide bonds. The summed E-state index contributed by atoms with van der Waals surface area (Å²) in [5.41, 5.74) is 2.99. The number of rotatable bonds is 3. The monoisotopic (exact) mass is 469 g/mol. The van der Waals surface area contributed by atoms with E-state index < -0.39 is 23.5 Å². The highest BCUT2D eigenvalue weighted by Crippen LogP contribution is 2.42. The number of benzene rings is 3. The van der Waals surface area contributed by atoms with Crippen LogP contribution in [0.25, 0.3) is 16.8 Å². The number of para-hydroxylation sites is 2. The smallest absolute Gasteiger partial charge is 0.302 e. The van der Waals surface area contributed by atoms with Crippen LogP contribution >= 0.6 is 0 Å². The van der Waals surface area contributed by atoms with Gasteiger partial charge in [-0.1, -0.05) is 24.3 Å². The average Bonchev–Trinajstić information content (AvgIpc) is 3.51. The Morgan fingerprint density at radius 1 is 1.11 bits per heavy atom. The third kappa shape index (κ3) is 3.37. The van der Waals surface area contributed by atoms with Gasteiger partial charge in [0.25, 0.3) is 5.78 Å². The SMILES string of the molecule is CC1Cc2cc(/C(O)=C3\C(=O)C(=O)N(c4nc5ccccc5[nH]4)C3c3ccc(F)cc3)ccc2O1. The topological polar surface area (TPSA) is 95.5 Å². The molecule has 1 saturated heterocycles. The summed E-state index contributed by atoms with van der Waals surface area (Å²) in [5, 5.41) is 11.3. The van der Waals surface area contributed by atoms with Gasteiger partial charge in [0.15, 0.2) is 0 Å². The van der Waals surface area contributed by atoms with Crippen LogP contribution in [0.15, 0.2) is 72.3 Å². The Balaban J connectivity index is 1.54. The number of ether oxygens (including phenoxy) is 1. The summed E-state index contributed by atoms with van der Waals surface area (Å²) in [5.74, 6) is -1.55. The Morgan fingerprint density at radius 2 is 1.89 bits per heavy atom. The fourth-order valence-corrected chi connectivity index (χ4v) is 4.79. The van der Waals surface area contributed by atoms with Crippen molar-refractivity contribution in [2.24, 2.45) is 0 Å². The van der Waals surface area contributed by atoms with Crippen LogP contribution in [0.4, 0.5) is 10.3 Å². The molecule has 0 saturated carbocycles. The third-order valence-electron chi connectivity index (χ3n) is 6.40. The maximum atomic E-state index is 13.7. The van der Waals surface area contributed by atoms with E-state index in [1.54, 1.807) is 24.3 Å². The lowest BCUT2D eigenvalue weighted by molar-refractivity contribution is -0.132. The maximum absolute atomic E-state index is 13.7. The highest BCUT2D eigenvalue weighted by Gasteiger charge is 2.48. The molecule has 8 heteroatoms. The second-order valence-corrected chi connectivity index (χ2v) is 8.75. The summed E-state index contributed by atoms with van der Waals surface area (Å²) in [7, 11) is 0. The second-order valence-electron chi connectivity index (χ2n) is 8.75. The molecule has 6 rings (SSSR count). The van der Waals surface area contributed by atoms with Crippen molar-refractivity contribution >= 4 is 34.4 Å². The molecule has 174 valence electrons. The van der Waals surface area contributed by atoms with Gasteiger partial charge in [-0.25, -0.2) is 9.37 Å². The van der Waals surface area contributed by atoms with Crippen LogP contribution in [0.2, 0.25) is 0 Å². The lowest BCUT2D eigenvalue weighted by Crippen LogP contribution is -2.30. The molecular formula is C27H20FN3O4. The van der Waals surface area contributed by atoms with Gasteiger partial charge < -0.3 is 14.8 Å². The molecule has 35 heavy (non-hydrogen) atoms. The molecule has 0 spiro atoms. The number of carbonyl (C=O) groups excluding carboxylic acids is 2. The Bertz CT molecular complexity index is 1510. The van der Waals surface area contributed by atoms with Gasteiger partial charge in [-0.05, 0) is 60.5 Å². The van der Waals surface area contributed by atoms with Crippen LogP contribution in [0.1, 0.15) is 29.7 Å². The number of imidazole rings is 1. The Morgan fingerprint density at radius 3 is 2.66 bits per heavy atom. The number of carbonyl (C=O) groups is 2. The standard InChI is InChI=1S/C27H20FN3O4/c1-14-12-17-13-16(8-11-21(17)35-14)24(32)22-23(15-6-9-18(28)10-7-15)31(26(34)25(22)33)27-29-19-4-2-3-5-20(19)30-27/h2-11,13-14,23,32H,12H2,1H3,(H,29,30)/b24-22+. The Labute approximate surface area is 199 Å². The molecule has 0 radical (unpaired) electrons. The largest absolute Gasteiger partial charge is 0.507 e. The third-order valence-corrected chi connectivity index (χ3v) is 6.40. The molecule has 0 bridgehead atoms. The molecular weight excluding hydrogens is 449 g/mol. The van der Waals surface area contributed by atoms with Gasteiger partial charge in [0.05, 0.1) is 22.6 Å². The van der Waals surface area contributed by atoms with E-state index in [0.29, 0.717) is 28.6 Å². The maximum Gasteiger partial charge on any atom is 0.302 e. The number of aromatic nitrogens is 2. The zero-order valence-corrected chi connectivity index (χ0v) is 18.7. The van der Waals surface area contributed by atoms with Gasteiger partial charge >= 0.3 is 5.91 Å². The number of anilines is 1. The number of Topliss-reactive ketones (excluding diaryl/α,β-unsaturated/α-hetero) is 1. The summed E-state index contributed by atoms with van der Waals surface area (Å²) in [4.78, 5) is 35.4. The number of fused-ring (bicyclic) bond motifs is 2. The Kier molecular flexibility index (Phi) is 4.70. The molecule has 2 aliphatic rings. The van der Waals surface area contributed by atoms with Crippen LogP contribution in [-0.4, -0.2) is 32.9 Å². The van der Waals surface area contributed by atoms with E-state index >= 15 is 0 Å². The predicted octanol–water partition coefficient (Wildman–Crippen LogP) is 4.65. The van der Waals surface area contributed by atoms with E-state index in [9.17, 15) is 19.1 Å². The molecule has 1 fully saturated rings. The number of aliphatic hydroxyl groups is 1. The fourth-order valence-electron chi connectivity index (χ4n) is 4.79. The van der Waals surface area contributed by atoms with E-state index in [-0.39, 0.29) is 23.4 Å². The molecule has 7 nitrogen and oxygen atoms in total. The summed E-state index contributed by atoms with van der Waals surface area (Å²) < 4.78 is 19.5. The number of H-pyrrole nitrogens is 1. The Hall–Kier alpha value is -4.46. The number of hydrogen-bond acceptors (Lipinski definition) is 5. The minimum Gasteiger partial charge on any atom is -0.507 e. The number of hydrogen-bond donors (Lipinski definition) is 2. The van der Waals surface area contributed by atoms with Crippen molar-refractivity contribution in [3.63, 3.8) is 0 Å². The molecule has 2 aliphatic heterocycles. The highest BCUT2D eigenvalue weighted by molar-refractivity contribution is 6.51. The summed E-state index contributed by atoms with van der Waals surface area (Å²) >= 11 is 0. The van der Waals surface area contributed by atoms with Crippen LogP contribution in [0.3, 0.4) is 0 Å². The van der Waals surface area contributed by atoms with Crippen molar-refractivity contribution in [3.8, 4) is 5.75 Å². The number of ketones is 1. The first-order valence-corrected chi connectivity index (χ1v) is 11.2. The van der Waals surface area contributed by atoms with Gasteiger partial charge in [0.2, 0.25) is 5.95 Å². The molecule has 0 aliphatic carbocycles. The van der Waals surface area contributed by atoms with Gasteiger partial charge in [-0.3, -0.25) is 14.5 Å². The van der Waals surface area contributed by atoms with E-state index in [4.69, 9.17) is 4.74 Å². The van der Waals surface area contributed by atoms with Gasteiger partial charge in [0, 0.05) is 12.0 Å². The number of nitrogens with one attached hydrogen (secondary N) is 1. The van der Waals surface area contributed by atoms with Gasteiger partial charge in [-0.2, -0.15) is 0 Å². The van der Waals surface area contributed by atoms with E-state index in [1.807, 2.05) is 25.1 Å². The lowest BCUT2D eigenvalue weighted by Gasteiger charge is -2.23.